The number of aromatic nitrogens is 1. The SMILES string of the molecule is CCOC(=O)c1c(N)sc2[n+]1CCCC2. The molecule has 0 saturated carbocycles. The summed E-state index contributed by atoms with van der Waals surface area (Å²) in [6.07, 6.45) is 3.32. The number of rotatable bonds is 2. The minimum absolute atomic E-state index is 0.292. The van der Waals surface area contributed by atoms with E-state index in [1.54, 1.807) is 6.92 Å². The molecule has 0 aliphatic carbocycles. The first-order chi connectivity index (χ1) is 7.24. The number of carbonyl (C=O) groups is 1. The molecule has 2 N–H and O–H groups in total. The number of hydrogen-bond donors (Lipinski definition) is 1. The van der Waals surface area contributed by atoms with Crippen LogP contribution >= 0.6 is 11.3 Å². The summed E-state index contributed by atoms with van der Waals surface area (Å²) in [6.45, 7) is 3.08. The van der Waals surface area contributed by atoms with Crippen molar-refractivity contribution in [2.24, 2.45) is 0 Å². The quantitative estimate of drug-likeness (QED) is 0.608. The molecule has 15 heavy (non-hydrogen) atoms. The maximum absolute atomic E-state index is 11.7. The Morgan fingerprint density at radius 3 is 3.13 bits per heavy atom. The Kier molecular flexibility index (Phi) is 2.90. The molecular weight excluding hydrogens is 212 g/mol. The molecule has 0 unspecified atom stereocenters. The fraction of sp³-hybridized carbons (Fsp3) is 0.600. The van der Waals surface area contributed by atoms with E-state index in [9.17, 15) is 4.79 Å². The number of hydrogen-bond acceptors (Lipinski definition) is 4. The summed E-state index contributed by atoms with van der Waals surface area (Å²) >= 11 is 1.51. The summed E-state index contributed by atoms with van der Waals surface area (Å²) in [5.74, 6) is -0.292. The highest BCUT2D eigenvalue weighted by Gasteiger charge is 2.33. The van der Waals surface area contributed by atoms with E-state index in [0.717, 1.165) is 19.4 Å². The summed E-state index contributed by atoms with van der Waals surface area (Å²) in [6, 6.07) is 0. The summed E-state index contributed by atoms with van der Waals surface area (Å²) in [5.41, 5.74) is 6.40. The number of nitrogen functional groups attached to an aromatic ring is 1. The Hall–Kier alpha value is -1.10. The van der Waals surface area contributed by atoms with Crippen LogP contribution in [0.15, 0.2) is 0 Å². The van der Waals surface area contributed by atoms with Gasteiger partial charge in [-0.05, 0) is 24.7 Å². The smallest absolute Gasteiger partial charge is 0.406 e. The number of carbonyl (C=O) groups excluding carboxylic acids is 1. The van der Waals surface area contributed by atoms with E-state index in [4.69, 9.17) is 10.5 Å². The van der Waals surface area contributed by atoms with Gasteiger partial charge in [0.25, 0.3) is 0 Å². The van der Waals surface area contributed by atoms with Crippen molar-refractivity contribution in [3.05, 3.63) is 10.7 Å². The van der Waals surface area contributed by atoms with Crippen LogP contribution in [0, 0.1) is 0 Å². The summed E-state index contributed by atoms with van der Waals surface area (Å²) in [5, 5.41) is 1.78. The van der Waals surface area contributed by atoms with E-state index < -0.39 is 0 Å². The molecule has 82 valence electrons. The van der Waals surface area contributed by atoms with Crippen molar-refractivity contribution in [1.29, 1.82) is 0 Å². The third kappa shape index (κ3) is 1.84. The molecule has 0 spiro atoms. The highest BCUT2D eigenvalue weighted by Crippen LogP contribution is 2.24. The van der Waals surface area contributed by atoms with Gasteiger partial charge in [0, 0.05) is 12.8 Å². The van der Waals surface area contributed by atoms with Crippen LogP contribution in [0.25, 0.3) is 0 Å². The molecule has 0 bridgehead atoms. The number of anilines is 1. The molecule has 4 nitrogen and oxygen atoms in total. The van der Waals surface area contributed by atoms with Gasteiger partial charge in [0.05, 0.1) is 6.61 Å². The van der Waals surface area contributed by atoms with Crippen molar-refractivity contribution in [3.63, 3.8) is 0 Å². The van der Waals surface area contributed by atoms with Crippen LogP contribution in [0.3, 0.4) is 0 Å². The molecule has 0 fully saturated rings. The second-order valence-electron chi connectivity index (χ2n) is 3.54. The molecule has 1 aromatic heterocycles. The molecule has 0 atom stereocenters. The topological polar surface area (TPSA) is 56.2 Å². The number of nitrogens with zero attached hydrogens (tertiary/aromatic N) is 1. The zero-order valence-corrected chi connectivity index (χ0v) is 9.60. The largest absolute Gasteiger partial charge is 0.458 e. The Balaban J connectivity index is 2.37. The van der Waals surface area contributed by atoms with Gasteiger partial charge >= 0.3 is 11.7 Å². The number of thiazole rings is 1. The molecule has 0 amide bonds. The van der Waals surface area contributed by atoms with Gasteiger partial charge in [-0.3, -0.25) is 0 Å². The van der Waals surface area contributed by atoms with Gasteiger partial charge in [0.15, 0.2) is 11.5 Å². The second-order valence-corrected chi connectivity index (χ2v) is 4.65. The number of ether oxygens (including phenoxy) is 1. The number of aryl methyl sites for hydroxylation is 1. The van der Waals surface area contributed by atoms with Crippen molar-refractivity contribution in [2.75, 3.05) is 12.3 Å². The van der Waals surface area contributed by atoms with Gasteiger partial charge in [-0.1, -0.05) is 0 Å². The minimum atomic E-state index is -0.292. The van der Waals surface area contributed by atoms with E-state index >= 15 is 0 Å². The molecule has 1 aromatic rings. The fourth-order valence-electron chi connectivity index (χ4n) is 1.87. The Morgan fingerprint density at radius 1 is 1.60 bits per heavy atom. The number of esters is 1. The lowest BCUT2D eigenvalue weighted by molar-refractivity contribution is -0.706. The first-order valence-corrected chi connectivity index (χ1v) is 6.03. The molecule has 5 heteroatoms. The van der Waals surface area contributed by atoms with Gasteiger partial charge in [0.1, 0.15) is 0 Å². The van der Waals surface area contributed by atoms with Crippen molar-refractivity contribution in [2.45, 2.75) is 32.7 Å². The third-order valence-electron chi connectivity index (χ3n) is 2.52. The Morgan fingerprint density at radius 2 is 2.40 bits per heavy atom. The van der Waals surface area contributed by atoms with Crippen LogP contribution in [-0.4, -0.2) is 12.6 Å². The van der Waals surface area contributed by atoms with E-state index in [1.807, 2.05) is 4.57 Å². The van der Waals surface area contributed by atoms with Crippen molar-refractivity contribution in [1.82, 2.24) is 0 Å². The average Bonchev–Trinajstić information content (AvgIpc) is 2.54. The molecule has 1 aliphatic heterocycles. The maximum Gasteiger partial charge on any atom is 0.406 e. The van der Waals surface area contributed by atoms with Crippen molar-refractivity contribution in [3.8, 4) is 0 Å². The van der Waals surface area contributed by atoms with Crippen molar-refractivity contribution < 1.29 is 14.1 Å². The van der Waals surface area contributed by atoms with Crippen LogP contribution in [0.5, 0.6) is 0 Å². The molecule has 2 heterocycles. The van der Waals surface area contributed by atoms with Crippen LogP contribution < -0.4 is 10.3 Å². The van der Waals surface area contributed by atoms with Crippen LogP contribution in [0.4, 0.5) is 5.00 Å². The van der Waals surface area contributed by atoms with E-state index in [-0.39, 0.29) is 5.97 Å². The Bertz CT molecular complexity index is 387. The summed E-state index contributed by atoms with van der Waals surface area (Å²) in [7, 11) is 0. The van der Waals surface area contributed by atoms with E-state index in [1.165, 1.54) is 22.8 Å². The lowest BCUT2D eigenvalue weighted by atomic mass is 10.2. The number of nitrogens with two attached hydrogens (primary N) is 1. The minimum Gasteiger partial charge on any atom is -0.458 e. The van der Waals surface area contributed by atoms with Gasteiger partial charge in [-0.15, -0.1) is 0 Å². The van der Waals surface area contributed by atoms with Gasteiger partial charge in [0.2, 0.25) is 5.01 Å². The lowest BCUT2D eigenvalue weighted by Crippen LogP contribution is -2.44. The molecular formula is C10H15N2O2S+. The zero-order valence-electron chi connectivity index (χ0n) is 8.78. The van der Waals surface area contributed by atoms with Gasteiger partial charge < -0.3 is 10.5 Å². The molecule has 2 rings (SSSR count). The third-order valence-corrected chi connectivity index (χ3v) is 3.60. The zero-order chi connectivity index (χ0) is 10.8. The predicted octanol–water partition coefficient (Wildman–Crippen LogP) is 1.13. The maximum atomic E-state index is 11.7. The molecule has 1 aliphatic rings. The summed E-state index contributed by atoms with van der Waals surface area (Å²) < 4.78 is 7.02. The second kappa shape index (κ2) is 4.18. The van der Waals surface area contributed by atoms with Gasteiger partial charge in [-0.25, -0.2) is 4.79 Å². The first kappa shape index (κ1) is 10.4. The van der Waals surface area contributed by atoms with Crippen molar-refractivity contribution >= 4 is 22.3 Å². The molecule has 0 saturated heterocycles. The molecule has 0 radical (unpaired) electrons. The van der Waals surface area contributed by atoms with Crippen LogP contribution in [0.2, 0.25) is 0 Å². The fourth-order valence-corrected chi connectivity index (χ4v) is 2.95. The monoisotopic (exact) mass is 227 g/mol. The molecule has 0 aromatic carbocycles. The highest BCUT2D eigenvalue weighted by molar-refractivity contribution is 7.15. The summed E-state index contributed by atoms with van der Waals surface area (Å²) in [4.78, 5) is 11.7. The average molecular weight is 227 g/mol. The van der Waals surface area contributed by atoms with Crippen LogP contribution in [0.1, 0.15) is 35.3 Å². The Labute approximate surface area is 92.7 Å². The van der Waals surface area contributed by atoms with E-state index in [2.05, 4.69) is 0 Å². The number of fused-ring (bicyclic) bond motifs is 1. The van der Waals surface area contributed by atoms with Crippen LogP contribution in [-0.2, 0) is 17.7 Å². The normalized spacial score (nSPS) is 14.7. The predicted molar refractivity (Wildman–Crippen MR) is 57.8 cm³/mol. The van der Waals surface area contributed by atoms with E-state index in [0.29, 0.717) is 17.3 Å². The van der Waals surface area contributed by atoms with Gasteiger partial charge in [-0.2, -0.15) is 4.57 Å². The highest BCUT2D eigenvalue weighted by atomic mass is 32.1. The lowest BCUT2D eigenvalue weighted by Gasteiger charge is -2.06. The first-order valence-electron chi connectivity index (χ1n) is 5.22. The standard InChI is InChI=1S/C10H14N2O2S/c1-2-14-10(13)8-9(11)15-7-5-3-4-6-12(7)8/h2-6H2,1H3,(H-,11,13)/p+1.